The van der Waals surface area contributed by atoms with E-state index in [0.717, 1.165) is 0 Å². The molecule has 0 aromatic carbocycles. The van der Waals surface area contributed by atoms with Crippen molar-refractivity contribution < 1.29 is 157 Å². The van der Waals surface area contributed by atoms with Crippen molar-refractivity contribution in [3.63, 3.8) is 0 Å². The third-order valence-corrected chi connectivity index (χ3v) is 24.1. The first kappa shape index (κ1) is 76.2. The first-order chi connectivity index (χ1) is 42.6. The summed E-state index contributed by atoms with van der Waals surface area (Å²) >= 11 is 15.7. The van der Waals surface area contributed by atoms with E-state index in [-0.39, 0.29) is 35.4 Å². The Morgan fingerprint density at radius 1 is 0.180 bits per heavy atom. The second kappa shape index (κ2) is 33.8. The van der Waals surface area contributed by atoms with Gasteiger partial charge in [-0.1, -0.05) is 181 Å². The maximum absolute atomic E-state index is 12.1. The standard InChI is InChI=1S/C49H72I8O32/c50-1-10-32-18(58)25(65)43(75-10)84-34-12(3-52)77-45(27(67)20(34)60)86-36-14(5-54)79-47(29(69)22(36)62)88-38-16(7-56)81-49-41(30(38)70)73-9-72-40-31(71)48(80-17(8-57)39(40)89-49)87-37-15(6-55)78-46(28(68)23(37)63)85-35-13(4-53)76-44(26(66)21(35)61)83-33-11(2-51)74-42(82-32)24(64)19(33)59/h10-49,58-71H,1-9H2/t10-,11-,12-,13-,14-,15-,16-,17-,18-,19-,20-,21-,22-,23-,24-,25-,26-,27-,28-,29-,30+,31-,32-,33-,34-,35-,36-,37-,38-,39-,40-,41-,42-,43-,44-,45-,46-,47-,48-,49-/m1/s1. The molecule has 516 valence electrons. The van der Waals surface area contributed by atoms with Gasteiger partial charge in [-0.2, -0.15) is 0 Å². The van der Waals surface area contributed by atoms with E-state index in [1.807, 2.05) is 181 Å². The van der Waals surface area contributed by atoms with Crippen LogP contribution in [-0.4, -0.2) is 359 Å². The number of halogens is 8. The first-order valence-corrected chi connectivity index (χ1v) is 40.5. The Kier molecular flexibility index (Phi) is 28.9. The minimum absolute atomic E-state index is 0.0645. The molecular weight excluding hydrogens is 2120 g/mol. The molecule has 18 bridgehead atoms. The zero-order valence-electron chi connectivity index (χ0n) is 46.1. The SMILES string of the molecule is O[C@@H]1[C@@H](O)[C@H]2O[C@H]3[C@H](O)[C@@H](O)[C@@H](O[C@H]4[C@H](O)[C@@H](O)[C@@H](O[C@H]5[C@H](O)[C@H]6OCO[C@@H]7[C@@H](O)[C@@H](O[C@H]8[C@H](O)[C@@H](O)[C@@H](O[C@H]9[C@H](O)[C@@H](O)[C@@H](O[C@H]%10[C@H](O)[C@@H](O)[C@@H](O[C@@H]1[C@@H](CI)O2)O[C@@H]%10CI)O[C@@H]9CI)O[C@@H]8CI)O[C@H](CI)[C@H]7O[C@H]6O[C@@H]5CI)O[C@@H]4CI)O[C@@H]3CI. The molecule has 0 saturated carbocycles. The Bertz CT molecular complexity index is 2220. The van der Waals surface area contributed by atoms with E-state index in [1.54, 1.807) is 0 Å². The Morgan fingerprint density at radius 3 is 0.596 bits per heavy atom. The van der Waals surface area contributed by atoms with Gasteiger partial charge in [-0.3, -0.25) is 0 Å². The van der Waals surface area contributed by atoms with Gasteiger partial charge < -0.3 is 157 Å². The van der Waals surface area contributed by atoms with E-state index < -0.39 is 252 Å². The number of aliphatic hydroxyl groups is 14. The largest absolute Gasteiger partial charge is 0.387 e. The van der Waals surface area contributed by atoms with Gasteiger partial charge in [0.25, 0.3) is 0 Å². The lowest BCUT2D eigenvalue weighted by Gasteiger charge is -2.52. The van der Waals surface area contributed by atoms with E-state index in [1.165, 1.54) is 0 Å². The Hall–Kier alpha value is 4.56. The van der Waals surface area contributed by atoms with Gasteiger partial charge in [0, 0.05) is 35.4 Å². The number of rotatable bonds is 8. The molecule has 40 atom stereocenters. The second-order valence-electron chi connectivity index (χ2n) is 22.6. The van der Waals surface area contributed by atoms with Gasteiger partial charge in [-0.05, 0) is 0 Å². The minimum atomic E-state index is -1.92. The molecule has 34 aliphatic heterocycles. The maximum atomic E-state index is 12.1. The molecule has 40 heteroatoms. The Labute approximate surface area is 617 Å². The number of ether oxygens (including phenoxy) is 18. The van der Waals surface area contributed by atoms with E-state index in [9.17, 15) is 71.5 Å². The van der Waals surface area contributed by atoms with Gasteiger partial charge >= 0.3 is 0 Å². The third-order valence-electron chi connectivity index (χ3n) is 17.1. The fraction of sp³-hybridized carbons (Fsp3) is 1.00. The van der Waals surface area contributed by atoms with Crippen molar-refractivity contribution in [3.8, 4) is 0 Å². The summed E-state index contributed by atoms with van der Waals surface area (Å²) in [5.74, 6) is 0. The zero-order valence-corrected chi connectivity index (χ0v) is 63.4. The van der Waals surface area contributed by atoms with Crippen LogP contribution in [0.1, 0.15) is 0 Å². The fourth-order valence-corrected chi connectivity index (χ4v) is 17.9. The second-order valence-corrected chi connectivity index (χ2v) is 29.7. The summed E-state index contributed by atoms with van der Waals surface area (Å²) in [4.78, 5) is 0. The molecule has 0 unspecified atom stereocenters. The van der Waals surface area contributed by atoms with Crippen LogP contribution >= 0.6 is 181 Å². The van der Waals surface area contributed by atoms with Crippen molar-refractivity contribution >= 4 is 181 Å². The minimum Gasteiger partial charge on any atom is -0.387 e. The normalized spacial score (nSPS) is 55.5. The summed E-state index contributed by atoms with van der Waals surface area (Å²) in [5, 5.41) is 164. The summed E-state index contributed by atoms with van der Waals surface area (Å²) in [6.07, 6.45) is -60.8. The maximum Gasteiger partial charge on any atom is 0.187 e. The topological polar surface area (TPSA) is 449 Å². The molecule has 0 spiro atoms. The van der Waals surface area contributed by atoms with Crippen LogP contribution in [0.2, 0.25) is 0 Å². The summed E-state index contributed by atoms with van der Waals surface area (Å²) in [6.45, 7) is -0.564. The fourth-order valence-electron chi connectivity index (χ4n) is 12.3. The van der Waals surface area contributed by atoms with Gasteiger partial charge in [0.1, 0.15) is 153 Å². The van der Waals surface area contributed by atoms with Crippen LogP contribution in [0.5, 0.6) is 0 Å². The van der Waals surface area contributed by atoms with Gasteiger partial charge in [0.2, 0.25) is 0 Å². The molecule has 0 amide bonds. The van der Waals surface area contributed by atoms with Crippen molar-refractivity contribution in [1.82, 2.24) is 0 Å². The average molecular weight is 2190 g/mol. The lowest BCUT2D eigenvalue weighted by atomic mass is 9.95. The molecule has 0 aliphatic carbocycles. The van der Waals surface area contributed by atoms with Crippen LogP contribution in [0.15, 0.2) is 0 Å². The Balaban J connectivity index is 0.917. The van der Waals surface area contributed by atoms with Crippen molar-refractivity contribution in [2.24, 2.45) is 0 Å². The van der Waals surface area contributed by atoms with E-state index in [4.69, 9.17) is 85.3 Å². The predicted octanol–water partition coefficient (Wildman–Crippen LogP) is -4.85. The molecule has 89 heavy (non-hydrogen) atoms. The molecule has 34 heterocycles. The third kappa shape index (κ3) is 15.9. The van der Waals surface area contributed by atoms with Gasteiger partial charge in [-0.25, -0.2) is 0 Å². The number of aliphatic hydroxyl groups excluding tert-OH is 14. The highest BCUT2D eigenvalue weighted by molar-refractivity contribution is 14.1. The molecule has 14 N–H and O–H groups in total. The highest BCUT2D eigenvalue weighted by Gasteiger charge is 2.61. The van der Waals surface area contributed by atoms with Crippen molar-refractivity contribution in [1.29, 1.82) is 0 Å². The molecule has 34 rings (SSSR count). The molecular formula is C49H72I8O32. The van der Waals surface area contributed by atoms with Crippen LogP contribution < -0.4 is 0 Å². The highest BCUT2D eigenvalue weighted by Crippen LogP contribution is 2.42. The quantitative estimate of drug-likeness (QED) is 0.0801. The lowest BCUT2D eigenvalue weighted by Crippen LogP contribution is -2.69. The van der Waals surface area contributed by atoms with Gasteiger partial charge in [0.05, 0.1) is 48.8 Å². The first-order valence-electron chi connectivity index (χ1n) is 28.3. The smallest absolute Gasteiger partial charge is 0.187 e. The van der Waals surface area contributed by atoms with Crippen LogP contribution in [0.25, 0.3) is 0 Å². The summed E-state index contributed by atoms with van der Waals surface area (Å²) in [5.41, 5.74) is 0. The van der Waals surface area contributed by atoms with Gasteiger partial charge in [0.15, 0.2) is 50.3 Å². The van der Waals surface area contributed by atoms with Crippen LogP contribution in [-0.2, 0) is 85.3 Å². The Morgan fingerprint density at radius 2 is 0.360 bits per heavy atom. The van der Waals surface area contributed by atoms with Crippen molar-refractivity contribution in [3.05, 3.63) is 0 Å². The molecule has 0 aromatic rings. The summed E-state index contributed by atoms with van der Waals surface area (Å²) in [6, 6.07) is 0. The zero-order chi connectivity index (χ0) is 64.2. The number of hydrogen-bond acceptors (Lipinski definition) is 32. The molecule has 0 aromatic heterocycles. The highest BCUT2D eigenvalue weighted by atomic mass is 127. The molecule has 34 fully saturated rings. The van der Waals surface area contributed by atoms with Crippen molar-refractivity contribution in [2.45, 2.75) is 246 Å². The number of hydrogen-bond donors (Lipinski definition) is 14. The number of alkyl halides is 8. The van der Waals surface area contributed by atoms with Gasteiger partial charge in [-0.15, -0.1) is 0 Å². The lowest BCUT2D eigenvalue weighted by molar-refractivity contribution is -0.410. The average Bonchev–Trinajstić information content (AvgIpc) is 2.26. The van der Waals surface area contributed by atoms with E-state index in [2.05, 4.69) is 0 Å². The molecule has 34 aliphatic rings. The van der Waals surface area contributed by atoms with Crippen LogP contribution in [0.4, 0.5) is 0 Å². The van der Waals surface area contributed by atoms with Crippen LogP contribution in [0.3, 0.4) is 0 Å². The monoisotopic (exact) mass is 2190 g/mol. The predicted molar refractivity (Wildman–Crippen MR) is 358 cm³/mol. The molecule has 32 nitrogen and oxygen atoms in total. The summed E-state index contributed by atoms with van der Waals surface area (Å²) < 4.78 is 112. The van der Waals surface area contributed by atoms with E-state index in [0.29, 0.717) is 0 Å². The van der Waals surface area contributed by atoms with E-state index >= 15 is 0 Å². The van der Waals surface area contributed by atoms with Crippen LogP contribution in [0, 0.1) is 0 Å². The molecule has 34 saturated heterocycles. The summed E-state index contributed by atoms with van der Waals surface area (Å²) in [7, 11) is 0. The molecule has 0 radical (unpaired) electrons. The van der Waals surface area contributed by atoms with Crippen molar-refractivity contribution in [2.75, 3.05) is 42.2 Å².